The van der Waals surface area contributed by atoms with E-state index < -0.39 is 0 Å². The summed E-state index contributed by atoms with van der Waals surface area (Å²) in [6.45, 7) is 5.83. The Morgan fingerprint density at radius 1 is 0.769 bits per heavy atom. The van der Waals surface area contributed by atoms with E-state index in [4.69, 9.17) is 34.2 Å². The average Bonchev–Trinajstić information content (AvgIpc) is 2.68. The molecule has 0 radical (unpaired) electrons. The minimum atomic E-state index is -0.114. The first-order valence-corrected chi connectivity index (χ1v) is 9.02. The summed E-state index contributed by atoms with van der Waals surface area (Å²) in [6, 6.07) is 10.0. The molecular formula is C19H33NO6. The fraction of sp³-hybridized carbons (Fsp3) is 0.684. The van der Waals surface area contributed by atoms with Crippen LogP contribution >= 0.6 is 0 Å². The lowest BCUT2D eigenvalue weighted by atomic mass is 10.2. The highest BCUT2D eigenvalue weighted by Gasteiger charge is 2.07. The number of rotatable bonds is 18. The van der Waals surface area contributed by atoms with Crippen LogP contribution in [0.1, 0.15) is 5.56 Å². The van der Waals surface area contributed by atoms with Crippen LogP contribution in [0.4, 0.5) is 0 Å². The molecule has 1 rings (SSSR count). The molecule has 26 heavy (non-hydrogen) atoms. The molecule has 0 amide bonds. The molecular weight excluding hydrogens is 338 g/mol. The van der Waals surface area contributed by atoms with Gasteiger partial charge in [0.2, 0.25) is 0 Å². The summed E-state index contributed by atoms with van der Waals surface area (Å²) in [4.78, 5) is 0. The van der Waals surface area contributed by atoms with Crippen LogP contribution in [0.25, 0.3) is 0 Å². The highest BCUT2D eigenvalue weighted by molar-refractivity contribution is 5.13. The molecule has 1 unspecified atom stereocenters. The maximum Gasteiger partial charge on any atom is 0.0934 e. The molecule has 0 heterocycles. The minimum Gasteiger partial charge on any atom is -0.382 e. The maximum atomic E-state index is 5.75. The zero-order valence-corrected chi connectivity index (χ0v) is 15.8. The van der Waals surface area contributed by atoms with Crippen molar-refractivity contribution in [3.63, 3.8) is 0 Å². The van der Waals surface area contributed by atoms with Gasteiger partial charge in [0.15, 0.2) is 0 Å². The van der Waals surface area contributed by atoms with Gasteiger partial charge in [-0.3, -0.25) is 0 Å². The Hall–Kier alpha value is -1.06. The van der Waals surface area contributed by atoms with Crippen LogP contribution in [-0.4, -0.2) is 79.2 Å². The highest BCUT2D eigenvalue weighted by atomic mass is 16.6. The zero-order valence-electron chi connectivity index (χ0n) is 15.8. The average molecular weight is 371 g/mol. The third kappa shape index (κ3) is 13.2. The smallest absolute Gasteiger partial charge is 0.0934 e. The summed E-state index contributed by atoms with van der Waals surface area (Å²) in [5, 5.41) is 0. The second-order valence-corrected chi connectivity index (χ2v) is 5.56. The van der Waals surface area contributed by atoms with Crippen molar-refractivity contribution in [1.29, 1.82) is 0 Å². The van der Waals surface area contributed by atoms with Crippen LogP contribution in [0.3, 0.4) is 0 Å². The Morgan fingerprint density at radius 3 is 1.85 bits per heavy atom. The lowest BCUT2D eigenvalue weighted by Crippen LogP contribution is -2.29. The molecule has 0 spiro atoms. The van der Waals surface area contributed by atoms with E-state index in [1.54, 1.807) is 7.11 Å². The summed E-state index contributed by atoms with van der Waals surface area (Å²) in [7, 11) is 1.65. The van der Waals surface area contributed by atoms with Crippen LogP contribution in [0.5, 0.6) is 0 Å². The molecule has 0 fully saturated rings. The third-order valence-corrected chi connectivity index (χ3v) is 3.44. The molecule has 7 nitrogen and oxygen atoms in total. The second-order valence-electron chi connectivity index (χ2n) is 5.56. The largest absolute Gasteiger partial charge is 0.382 e. The van der Waals surface area contributed by atoms with E-state index in [-0.39, 0.29) is 6.10 Å². The summed E-state index contributed by atoms with van der Waals surface area (Å²) >= 11 is 0. The molecule has 0 aliphatic rings. The van der Waals surface area contributed by atoms with Crippen molar-refractivity contribution in [3.05, 3.63) is 35.9 Å². The molecule has 1 atom stereocenters. The molecule has 2 N–H and O–H groups in total. The Balaban J connectivity index is 1.86. The third-order valence-electron chi connectivity index (χ3n) is 3.44. The van der Waals surface area contributed by atoms with Gasteiger partial charge in [0, 0.05) is 13.7 Å². The molecule has 1 aromatic rings. The summed E-state index contributed by atoms with van der Waals surface area (Å²) in [5.41, 5.74) is 6.84. The van der Waals surface area contributed by atoms with Gasteiger partial charge >= 0.3 is 0 Å². The molecule has 0 saturated carbocycles. The molecule has 150 valence electrons. The number of nitrogens with two attached hydrogens (primary N) is 1. The molecule has 0 aliphatic carbocycles. The fourth-order valence-corrected chi connectivity index (χ4v) is 1.99. The van der Waals surface area contributed by atoms with Crippen molar-refractivity contribution in [3.8, 4) is 0 Å². The first-order chi connectivity index (χ1) is 12.9. The van der Waals surface area contributed by atoms with Crippen molar-refractivity contribution in [2.45, 2.75) is 12.7 Å². The number of hydrogen-bond donors (Lipinski definition) is 1. The molecule has 1 aromatic carbocycles. The van der Waals surface area contributed by atoms with Gasteiger partial charge < -0.3 is 34.2 Å². The second kappa shape index (κ2) is 17.4. The van der Waals surface area contributed by atoms with Crippen molar-refractivity contribution in [2.24, 2.45) is 5.73 Å². The standard InChI is InChI=1S/C19H33NO6/c1-21-7-8-22-9-10-23-11-12-24-13-14-25-17-19(15-20)26-16-18-5-3-2-4-6-18/h2-6,19H,7-17,20H2,1H3. The monoisotopic (exact) mass is 371 g/mol. The van der Waals surface area contributed by atoms with Gasteiger partial charge in [-0.15, -0.1) is 0 Å². The number of methoxy groups -OCH3 is 1. The van der Waals surface area contributed by atoms with E-state index in [0.29, 0.717) is 72.6 Å². The highest BCUT2D eigenvalue weighted by Crippen LogP contribution is 2.03. The Morgan fingerprint density at radius 2 is 1.31 bits per heavy atom. The minimum absolute atomic E-state index is 0.114. The number of benzene rings is 1. The lowest BCUT2D eigenvalue weighted by molar-refractivity contribution is -0.0404. The molecule has 0 aliphatic heterocycles. The quantitative estimate of drug-likeness (QED) is 0.389. The van der Waals surface area contributed by atoms with Gasteiger partial charge in [-0.25, -0.2) is 0 Å². The van der Waals surface area contributed by atoms with E-state index in [9.17, 15) is 0 Å². The van der Waals surface area contributed by atoms with Crippen molar-refractivity contribution >= 4 is 0 Å². The number of ether oxygens (including phenoxy) is 6. The predicted molar refractivity (Wildman–Crippen MR) is 99.2 cm³/mol. The Kier molecular flexibility index (Phi) is 15.3. The fourth-order valence-electron chi connectivity index (χ4n) is 1.99. The zero-order chi connectivity index (χ0) is 18.7. The molecule has 7 heteroatoms. The summed E-state index contributed by atoms with van der Waals surface area (Å²) in [5.74, 6) is 0. The van der Waals surface area contributed by atoms with E-state index in [2.05, 4.69) is 0 Å². The predicted octanol–water partition coefficient (Wildman–Crippen LogP) is 1.24. The van der Waals surface area contributed by atoms with E-state index in [1.165, 1.54) is 0 Å². The normalized spacial score (nSPS) is 12.4. The topological polar surface area (TPSA) is 81.4 Å². The van der Waals surface area contributed by atoms with Gasteiger partial charge in [0.25, 0.3) is 0 Å². The van der Waals surface area contributed by atoms with Crippen LogP contribution in [0.2, 0.25) is 0 Å². The summed E-state index contributed by atoms with van der Waals surface area (Å²) in [6.07, 6.45) is -0.114. The van der Waals surface area contributed by atoms with Gasteiger partial charge in [-0.1, -0.05) is 30.3 Å². The van der Waals surface area contributed by atoms with Crippen molar-refractivity contribution < 1.29 is 28.4 Å². The van der Waals surface area contributed by atoms with Crippen LogP contribution in [0, 0.1) is 0 Å². The SMILES string of the molecule is COCCOCCOCCOCCOCC(CN)OCc1ccccc1. The van der Waals surface area contributed by atoms with E-state index in [0.717, 1.165) is 5.56 Å². The Labute approximate surface area is 156 Å². The van der Waals surface area contributed by atoms with Crippen LogP contribution in [0.15, 0.2) is 30.3 Å². The molecule has 0 bridgehead atoms. The first-order valence-electron chi connectivity index (χ1n) is 9.02. The molecule has 0 saturated heterocycles. The van der Waals surface area contributed by atoms with Crippen LogP contribution < -0.4 is 5.73 Å². The Bertz CT molecular complexity index is 406. The maximum absolute atomic E-state index is 5.75. The van der Waals surface area contributed by atoms with Crippen molar-refractivity contribution in [2.75, 3.05) is 73.1 Å². The van der Waals surface area contributed by atoms with Crippen LogP contribution in [-0.2, 0) is 35.0 Å². The van der Waals surface area contributed by atoms with Gasteiger partial charge in [-0.2, -0.15) is 0 Å². The van der Waals surface area contributed by atoms with E-state index >= 15 is 0 Å². The first kappa shape index (κ1) is 23.0. The number of hydrogen-bond acceptors (Lipinski definition) is 7. The summed E-state index contributed by atoms with van der Waals surface area (Å²) < 4.78 is 32.3. The van der Waals surface area contributed by atoms with Gasteiger partial charge in [0.05, 0.1) is 72.2 Å². The van der Waals surface area contributed by atoms with E-state index in [1.807, 2.05) is 30.3 Å². The van der Waals surface area contributed by atoms with Crippen molar-refractivity contribution in [1.82, 2.24) is 0 Å². The van der Waals surface area contributed by atoms with Gasteiger partial charge in [0.1, 0.15) is 0 Å². The molecule has 0 aromatic heterocycles. The van der Waals surface area contributed by atoms with Gasteiger partial charge in [-0.05, 0) is 5.56 Å². The lowest BCUT2D eigenvalue weighted by Gasteiger charge is -2.16.